The van der Waals surface area contributed by atoms with E-state index in [1.54, 1.807) is 0 Å². The molecule has 0 saturated heterocycles. The molecule has 0 saturated carbocycles. The standard InChI is InChI=1S/C19H23NO2/c1-5-22-17-9-7-16(8-10-17)15(4)20-19(21)18-11-6-13(2)12-14(18)3/h6-12,15H,5H2,1-4H3,(H,20,21). The smallest absolute Gasteiger partial charge is 0.252 e. The van der Waals surface area contributed by atoms with Gasteiger partial charge in [-0.2, -0.15) is 0 Å². The predicted molar refractivity (Wildman–Crippen MR) is 89.4 cm³/mol. The summed E-state index contributed by atoms with van der Waals surface area (Å²) in [7, 11) is 0. The average Bonchev–Trinajstić information content (AvgIpc) is 2.48. The lowest BCUT2D eigenvalue weighted by molar-refractivity contribution is 0.0939. The summed E-state index contributed by atoms with van der Waals surface area (Å²) in [6.45, 7) is 8.58. The van der Waals surface area contributed by atoms with Crippen molar-refractivity contribution in [2.24, 2.45) is 0 Å². The van der Waals surface area contributed by atoms with Crippen molar-refractivity contribution in [3.63, 3.8) is 0 Å². The highest BCUT2D eigenvalue weighted by molar-refractivity contribution is 5.95. The molecule has 0 radical (unpaired) electrons. The molecule has 3 heteroatoms. The molecule has 3 nitrogen and oxygen atoms in total. The molecule has 1 amide bonds. The van der Waals surface area contributed by atoms with Crippen LogP contribution in [0.1, 0.15) is 46.9 Å². The zero-order valence-corrected chi connectivity index (χ0v) is 13.6. The molecular formula is C19H23NO2. The predicted octanol–water partition coefficient (Wildman–Crippen LogP) is 4.19. The topological polar surface area (TPSA) is 38.3 Å². The highest BCUT2D eigenvalue weighted by Gasteiger charge is 2.13. The molecule has 116 valence electrons. The Hall–Kier alpha value is -2.29. The first-order chi connectivity index (χ1) is 10.5. The summed E-state index contributed by atoms with van der Waals surface area (Å²) in [5.74, 6) is 0.804. The molecule has 0 aromatic heterocycles. The van der Waals surface area contributed by atoms with E-state index in [4.69, 9.17) is 4.74 Å². The van der Waals surface area contributed by atoms with Crippen LogP contribution in [0, 0.1) is 13.8 Å². The highest BCUT2D eigenvalue weighted by Crippen LogP contribution is 2.19. The van der Waals surface area contributed by atoms with Crippen molar-refractivity contribution in [2.75, 3.05) is 6.61 Å². The van der Waals surface area contributed by atoms with Crippen LogP contribution in [0.4, 0.5) is 0 Å². The number of ether oxygens (including phenoxy) is 1. The Morgan fingerprint density at radius 2 is 1.82 bits per heavy atom. The van der Waals surface area contributed by atoms with Gasteiger partial charge in [-0.3, -0.25) is 4.79 Å². The van der Waals surface area contributed by atoms with Gasteiger partial charge >= 0.3 is 0 Å². The number of amides is 1. The second-order valence-corrected chi connectivity index (χ2v) is 5.52. The van der Waals surface area contributed by atoms with Gasteiger partial charge in [-0.05, 0) is 57.0 Å². The molecule has 1 atom stereocenters. The van der Waals surface area contributed by atoms with Gasteiger partial charge < -0.3 is 10.1 Å². The third-order valence-electron chi connectivity index (χ3n) is 3.67. The third kappa shape index (κ3) is 3.88. The van der Waals surface area contributed by atoms with Crippen molar-refractivity contribution in [2.45, 2.75) is 33.7 Å². The lowest BCUT2D eigenvalue weighted by Crippen LogP contribution is -2.27. The molecule has 0 aliphatic rings. The van der Waals surface area contributed by atoms with Crippen molar-refractivity contribution in [1.82, 2.24) is 5.32 Å². The Kier molecular flexibility index (Phi) is 5.21. The van der Waals surface area contributed by atoms with Gasteiger partial charge in [0.05, 0.1) is 12.6 Å². The van der Waals surface area contributed by atoms with Crippen LogP contribution in [0.5, 0.6) is 5.75 Å². The van der Waals surface area contributed by atoms with Gasteiger partial charge in [0.1, 0.15) is 5.75 Å². The van der Waals surface area contributed by atoms with E-state index in [-0.39, 0.29) is 11.9 Å². The molecule has 22 heavy (non-hydrogen) atoms. The van der Waals surface area contributed by atoms with E-state index >= 15 is 0 Å². The van der Waals surface area contributed by atoms with Crippen LogP contribution >= 0.6 is 0 Å². The Labute approximate surface area is 132 Å². The first-order valence-electron chi connectivity index (χ1n) is 7.62. The van der Waals surface area contributed by atoms with E-state index in [2.05, 4.69) is 5.32 Å². The summed E-state index contributed by atoms with van der Waals surface area (Å²) in [5.41, 5.74) is 3.94. The summed E-state index contributed by atoms with van der Waals surface area (Å²) in [5, 5.41) is 3.04. The number of benzene rings is 2. The molecule has 0 aliphatic carbocycles. The van der Waals surface area contributed by atoms with Crippen LogP contribution in [0.2, 0.25) is 0 Å². The van der Waals surface area contributed by atoms with Gasteiger partial charge in [-0.15, -0.1) is 0 Å². The number of hydrogen-bond acceptors (Lipinski definition) is 2. The maximum Gasteiger partial charge on any atom is 0.252 e. The number of carbonyl (C=O) groups excluding carboxylic acids is 1. The second kappa shape index (κ2) is 7.12. The minimum atomic E-state index is -0.0520. The zero-order valence-electron chi connectivity index (χ0n) is 13.6. The van der Waals surface area contributed by atoms with Crippen molar-refractivity contribution in [3.05, 3.63) is 64.7 Å². The molecule has 0 spiro atoms. The molecule has 0 aliphatic heterocycles. The summed E-state index contributed by atoms with van der Waals surface area (Å²) < 4.78 is 5.43. The summed E-state index contributed by atoms with van der Waals surface area (Å²) in [6.07, 6.45) is 0. The van der Waals surface area contributed by atoms with Crippen LogP contribution in [0.25, 0.3) is 0 Å². The molecule has 1 N–H and O–H groups in total. The van der Waals surface area contributed by atoms with E-state index in [1.165, 1.54) is 0 Å². The van der Waals surface area contributed by atoms with Crippen molar-refractivity contribution in [3.8, 4) is 5.75 Å². The van der Waals surface area contributed by atoms with E-state index in [0.717, 1.165) is 28.0 Å². The lowest BCUT2D eigenvalue weighted by Gasteiger charge is -2.16. The van der Waals surface area contributed by atoms with E-state index in [0.29, 0.717) is 6.61 Å². The van der Waals surface area contributed by atoms with E-state index in [9.17, 15) is 4.79 Å². The fraction of sp³-hybridized carbons (Fsp3) is 0.316. The average molecular weight is 297 g/mol. The fourth-order valence-corrected chi connectivity index (χ4v) is 2.45. The lowest BCUT2D eigenvalue weighted by atomic mass is 10.0. The molecule has 0 fully saturated rings. The van der Waals surface area contributed by atoms with Gasteiger partial charge in [0.2, 0.25) is 0 Å². The number of rotatable bonds is 5. The Morgan fingerprint density at radius 3 is 2.41 bits per heavy atom. The Bertz CT molecular complexity index is 647. The van der Waals surface area contributed by atoms with Crippen molar-refractivity contribution in [1.29, 1.82) is 0 Å². The molecule has 2 aromatic carbocycles. The summed E-state index contributed by atoms with van der Waals surface area (Å²) in [6, 6.07) is 13.6. The van der Waals surface area contributed by atoms with Crippen LogP contribution < -0.4 is 10.1 Å². The van der Waals surface area contributed by atoms with Crippen molar-refractivity contribution < 1.29 is 9.53 Å². The summed E-state index contributed by atoms with van der Waals surface area (Å²) >= 11 is 0. The maximum atomic E-state index is 12.4. The first kappa shape index (κ1) is 16.1. The molecule has 2 rings (SSSR count). The number of aryl methyl sites for hydroxylation is 2. The molecule has 1 unspecified atom stereocenters. The third-order valence-corrected chi connectivity index (χ3v) is 3.67. The SMILES string of the molecule is CCOc1ccc(C(C)NC(=O)c2ccc(C)cc2C)cc1. The van der Waals surface area contributed by atoms with Gasteiger partial charge in [-0.1, -0.05) is 29.8 Å². The van der Waals surface area contributed by atoms with Gasteiger partial charge in [-0.25, -0.2) is 0 Å². The van der Waals surface area contributed by atoms with E-state index in [1.807, 2.05) is 70.2 Å². The van der Waals surface area contributed by atoms with Crippen LogP contribution in [-0.4, -0.2) is 12.5 Å². The highest BCUT2D eigenvalue weighted by atomic mass is 16.5. The van der Waals surface area contributed by atoms with Crippen LogP contribution in [-0.2, 0) is 0 Å². The van der Waals surface area contributed by atoms with Gasteiger partial charge in [0.25, 0.3) is 5.91 Å². The maximum absolute atomic E-state index is 12.4. The minimum Gasteiger partial charge on any atom is -0.494 e. The number of hydrogen-bond donors (Lipinski definition) is 1. The number of carbonyl (C=O) groups is 1. The molecule has 0 bridgehead atoms. The number of nitrogens with one attached hydrogen (secondary N) is 1. The Balaban J connectivity index is 2.07. The molecule has 2 aromatic rings. The minimum absolute atomic E-state index is 0.0427. The fourth-order valence-electron chi connectivity index (χ4n) is 2.45. The van der Waals surface area contributed by atoms with E-state index < -0.39 is 0 Å². The normalized spacial score (nSPS) is 11.8. The second-order valence-electron chi connectivity index (χ2n) is 5.52. The van der Waals surface area contributed by atoms with Crippen LogP contribution in [0.15, 0.2) is 42.5 Å². The first-order valence-corrected chi connectivity index (χ1v) is 7.62. The van der Waals surface area contributed by atoms with Crippen LogP contribution in [0.3, 0.4) is 0 Å². The quantitative estimate of drug-likeness (QED) is 0.898. The zero-order chi connectivity index (χ0) is 16.1. The molecule has 0 heterocycles. The monoisotopic (exact) mass is 297 g/mol. The summed E-state index contributed by atoms with van der Waals surface area (Å²) in [4.78, 5) is 12.4. The molecular weight excluding hydrogens is 274 g/mol. The van der Waals surface area contributed by atoms with Gasteiger partial charge in [0, 0.05) is 5.56 Å². The Morgan fingerprint density at radius 1 is 1.14 bits per heavy atom. The van der Waals surface area contributed by atoms with Crippen molar-refractivity contribution >= 4 is 5.91 Å². The van der Waals surface area contributed by atoms with Gasteiger partial charge in [0.15, 0.2) is 0 Å². The largest absolute Gasteiger partial charge is 0.494 e.